The molecule has 2 N–H and O–H groups in total. The number of benzene rings is 1. The van der Waals surface area contributed by atoms with Crippen LogP contribution in [0.2, 0.25) is 0 Å². The summed E-state index contributed by atoms with van der Waals surface area (Å²) >= 11 is 1.08. The summed E-state index contributed by atoms with van der Waals surface area (Å²) in [5.74, 6) is -0.887. The topological polar surface area (TPSA) is 141 Å². The molecule has 0 spiro atoms. The van der Waals surface area contributed by atoms with Crippen molar-refractivity contribution in [1.29, 1.82) is 0 Å². The molecule has 5 heterocycles. The lowest BCUT2D eigenvalue weighted by atomic mass is 9.84. The van der Waals surface area contributed by atoms with Gasteiger partial charge in [-0.3, -0.25) is 19.6 Å². The number of nitrogens with zero attached hydrogens (tertiary/aromatic N) is 5. The third-order valence-corrected chi connectivity index (χ3v) is 10.0. The average Bonchev–Trinajstić information content (AvgIpc) is 3.66. The van der Waals surface area contributed by atoms with Crippen LogP contribution in [0.1, 0.15) is 84.3 Å². The Morgan fingerprint density at radius 3 is 2.65 bits per heavy atom. The van der Waals surface area contributed by atoms with E-state index in [1.807, 2.05) is 33.8 Å². The Hall–Kier alpha value is -4.57. The number of rotatable bonds is 4. The van der Waals surface area contributed by atoms with Crippen LogP contribution < -0.4 is 10.7 Å². The molecule has 0 unspecified atom stereocenters. The van der Waals surface area contributed by atoms with Gasteiger partial charge in [0.25, 0.3) is 5.91 Å². The first-order valence-corrected chi connectivity index (χ1v) is 18.8. The maximum absolute atomic E-state index is 14.4. The fourth-order valence-corrected chi connectivity index (χ4v) is 7.64. The van der Waals surface area contributed by atoms with Gasteiger partial charge in [0.15, 0.2) is 0 Å². The van der Waals surface area contributed by atoms with E-state index in [9.17, 15) is 27.6 Å². The molecule has 0 radical (unpaired) electrons. The molecule has 2 aliphatic heterocycles. The van der Waals surface area contributed by atoms with E-state index in [4.69, 9.17) is 14.5 Å². The number of esters is 1. The van der Waals surface area contributed by atoms with Crippen molar-refractivity contribution in [2.45, 2.75) is 110 Å². The molecule has 0 aliphatic carbocycles. The third kappa shape index (κ3) is 8.86. The predicted octanol–water partition coefficient (Wildman–Crippen LogP) is 6.96. The summed E-state index contributed by atoms with van der Waals surface area (Å²) in [6.45, 7) is 11.8. The van der Waals surface area contributed by atoms with Crippen LogP contribution in [0.3, 0.4) is 0 Å². The highest BCUT2D eigenvalue weighted by Crippen LogP contribution is 2.43. The predicted molar refractivity (Wildman–Crippen MR) is 197 cm³/mol. The van der Waals surface area contributed by atoms with Gasteiger partial charge in [0.2, 0.25) is 0 Å². The Kier molecular flexibility index (Phi) is 10.8. The van der Waals surface area contributed by atoms with Gasteiger partial charge in [0, 0.05) is 46.6 Å². The second kappa shape index (κ2) is 14.9. The maximum atomic E-state index is 14.4. The quantitative estimate of drug-likeness (QED) is 0.211. The number of pyridine rings is 1. The number of hydrogen-bond acceptors (Lipinski definition) is 10. The second-order valence-electron chi connectivity index (χ2n) is 16.0. The molecule has 0 saturated carbocycles. The molecule has 2 amide bonds. The summed E-state index contributed by atoms with van der Waals surface area (Å²) in [4.78, 5) is 49.7. The zero-order valence-electron chi connectivity index (χ0n) is 31.5. The first-order valence-electron chi connectivity index (χ1n) is 18.0. The minimum atomic E-state index is -4.54. The number of alkyl halides is 3. The van der Waals surface area contributed by atoms with Gasteiger partial charge in [0.05, 0.1) is 18.0 Å². The van der Waals surface area contributed by atoms with Crippen molar-refractivity contribution < 1.29 is 37.0 Å². The van der Waals surface area contributed by atoms with Gasteiger partial charge >= 0.3 is 18.2 Å². The summed E-state index contributed by atoms with van der Waals surface area (Å²) in [5, 5.41) is 5.05. The van der Waals surface area contributed by atoms with E-state index in [2.05, 4.69) is 20.1 Å². The van der Waals surface area contributed by atoms with E-state index >= 15 is 0 Å². The van der Waals surface area contributed by atoms with Crippen molar-refractivity contribution in [3.8, 4) is 21.8 Å². The molecule has 2 aliphatic rings. The standard InChI is InChI=1S/C38H46F3N7O5S/c1-21(2)30-23(10-8-14-42-30)31-25-18-37(6,7)20-52-34(50)26-11-9-15-48(45-26)33(49)27(43-35(51)53-36(3,4)5)17-29-44-32(54-46-29)22-12-13-28(24(25)16-22)47(31)19-38(39,40)41/h8,10,12-14,16,21,26-27,45H,9,11,15,17-20H2,1-7H3,(H,43,51)/t26-,27-/m0/s1. The number of hydrazine groups is 1. The SMILES string of the molecule is CC(C)c1ncccc1-c1c2c3cc(ccc3n1CC(F)(F)F)-c1nc(ns1)C[C@H](NC(=O)OC(C)(C)C)C(=O)N1CCC[C@H](N1)C(=O)OCC(C)(C)C2. The number of carbonyl (C=O) groups is 3. The van der Waals surface area contributed by atoms with Crippen molar-refractivity contribution in [3.63, 3.8) is 0 Å². The lowest BCUT2D eigenvalue weighted by Crippen LogP contribution is -2.60. The molecule has 16 heteroatoms. The normalized spacial score (nSPS) is 19.8. The Labute approximate surface area is 316 Å². The van der Waals surface area contributed by atoms with E-state index < -0.39 is 53.8 Å². The van der Waals surface area contributed by atoms with Crippen LogP contribution in [0.25, 0.3) is 32.7 Å². The van der Waals surface area contributed by atoms with E-state index in [0.717, 1.165) is 11.5 Å². The van der Waals surface area contributed by atoms with Crippen molar-refractivity contribution in [3.05, 3.63) is 53.6 Å². The van der Waals surface area contributed by atoms with Crippen LogP contribution in [-0.2, 0) is 38.4 Å². The average molecular weight is 770 g/mol. The summed E-state index contributed by atoms with van der Waals surface area (Å²) in [6.07, 6.45) is -2.64. The van der Waals surface area contributed by atoms with Crippen molar-refractivity contribution in [1.82, 2.24) is 34.7 Å². The maximum Gasteiger partial charge on any atom is 0.408 e. The summed E-state index contributed by atoms with van der Waals surface area (Å²) in [5.41, 5.74) is 4.74. The Morgan fingerprint density at radius 1 is 1.19 bits per heavy atom. The first-order chi connectivity index (χ1) is 25.3. The van der Waals surface area contributed by atoms with Crippen molar-refractivity contribution >= 4 is 40.4 Å². The molecular formula is C38H46F3N7O5S. The van der Waals surface area contributed by atoms with E-state index in [1.54, 1.807) is 51.2 Å². The number of cyclic esters (lactones) is 1. The van der Waals surface area contributed by atoms with Gasteiger partial charge in [-0.25, -0.2) is 15.2 Å². The smallest absolute Gasteiger partial charge is 0.408 e. The lowest BCUT2D eigenvalue weighted by Gasteiger charge is -2.35. The lowest BCUT2D eigenvalue weighted by molar-refractivity contribution is -0.155. The number of carbonyl (C=O) groups excluding carboxylic acids is 3. The van der Waals surface area contributed by atoms with Crippen LogP contribution in [0, 0.1) is 5.41 Å². The first kappa shape index (κ1) is 39.1. The zero-order valence-corrected chi connectivity index (χ0v) is 32.3. The number of aromatic nitrogens is 4. The molecule has 1 fully saturated rings. The van der Waals surface area contributed by atoms with E-state index in [-0.39, 0.29) is 37.7 Å². The number of halogens is 3. The molecule has 3 aromatic heterocycles. The Morgan fingerprint density at radius 2 is 1.94 bits per heavy atom. The number of hydrogen-bond donors (Lipinski definition) is 2. The Bertz CT molecular complexity index is 2050. The van der Waals surface area contributed by atoms with E-state index in [0.29, 0.717) is 56.8 Å². The van der Waals surface area contributed by atoms with Crippen LogP contribution in [0.4, 0.5) is 18.0 Å². The van der Waals surface area contributed by atoms with Crippen molar-refractivity contribution in [2.24, 2.45) is 5.41 Å². The van der Waals surface area contributed by atoms with Gasteiger partial charge in [0.1, 0.15) is 35.1 Å². The van der Waals surface area contributed by atoms with Gasteiger partial charge in [-0.05, 0) is 93.4 Å². The fourth-order valence-electron chi connectivity index (χ4n) is 6.95. The molecule has 1 saturated heterocycles. The van der Waals surface area contributed by atoms with E-state index in [1.165, 1.54) is 9.58 Å². The molecule has 290 valence electrons. The van der Waals surface area contributed by atoms with Gasteiger partial charge in [-0.15, -0.1) is 0 Å². The van der Waals surface area contributed by atoms with Crippen LogP contribution in [0.15, 0.2) is 36.5 Å². The molecule has 12 nitrogen and oxygen atoms in total. The van der Waals surface area contributed by atoms with Crippen LogP contribution in [-0.4, -0.2) is 78.9 Å². The molecular weight excluding hydrogens is 724 g/mol. The molecule has 2 atom stereocenters. The zero-order chi connectivity index (χ0) is 39.2. The van der Waals surface area contributed by atoms with Gasteiger partial charge < -0.3 is 19.4 Å². The summed E-state index contributed by atoms with van der Waals surface area (Å²) < 4.78 is 60.4. The highest BCUT2D eigenvalue weighted by atomic mass is 32.1. The fraction of sp³-hybridized carbons (Fsp3) is 0.526. The number of fused-ring (bicyclic) bond motifs is 6. The molecule has 4 aromatic rings. The molecule has 6 rings (SSSR count). The van der Waals surface area contributed by atoms with Gasteiger partial charge in [-0.1, -0.05) is 27.7 Å². The van der Waals surface area contributed by atoms with Crippen molar-refractivity contribution in [2.75, 3.05) is 13.2 Å². The Balaban J connectivity index is 1.53. The number of amides is 2. The highest BCUT2D eigenvalue weighted by Gasteiger charge is 2.37. The monoisotopic (exact) mass is 769 g/mol. The molecule has 54 heavy (non-hydrogen) atoms. The van der Waals surface area contributed by atoms with Crippen LogP contribution >= 0.6 is 11.5 Å². The number of alkyl carbamates (subject to hydrolysis) is 1. The highest BCUT2D eigenvalue weighted by molar-refractivity contribution is 7.09. The number of nitrogens with one attached hydrogen (secondary N) is 2. The number of ether oxygens (including phenoxy) is 2. The molecule has 6 bridgehead atoms. The minimum Gasteiger partial charge on any atom is -0.464 e. The van der Waals surface area contributed by atoms with Gasteiger partial charge in [-0.2, -0.15) is 17.5 Å². The summed E-state index contributed by atoms with van der Waals surface area (Å²) in [7, 11) is 0. The third-order valence-electron chi connectivity index (χ3n) is 9.23. The second-order valence-corrected chi connectivity index (χ2v) is 16.8. The minimum absolute atomic E-state index is 0.0459. The largest absolute Gasteiger partial charge is 0.464 e. The summed E-state index contributed by atoms with van der Waals surface area (Å²) in [6, 6.07) is 6.73. The molecule has 1 aromatic carbocycles. The van der Waals surface area contributed by atoms with Crippen LogP contribution in [0.5, 0.6) is 0 Å².